The number of H-pyrrole nitrogens is 1. The fraction of sp³-hybridized carbons (Fsp3) is 0.111. The molecule has 26 heavy (non-hydrogen) atoms. The van der Waals surface area contributed by atoms with Crippen molar-refractivity contribution >= 4 is 28.5 Å². The monoisotopic (exact) mass is 350 g/mol. The molecule has 8 heteroatoms. The molecule has 0 atom stereocenters. The Labute approximate surface area is 147 Å². The number of aromatic nitrogens is 2. The zero-order chi connectivity index (χ0) is 18.3. The van der Waals surface area contributed by atoms with Gasteiger partial charge >= 0.3 is 0 Å². The Balaban J connectivity index is 1.73. The van der Waals surface area contributed by atoms with Crippen molar-refractivity contribution < 1.29 is 14.3 Å². The summed E-state index contributed by atoms with van der Waals surface area (Å²) in [5.41, 5.74) is 5.97. The van der Waals surface area contributed by atoms with E-state index in [4.69, 9.17) is 10.5 Å². The van der Waals surface area contributed by atoms with Crippen LogP contribution in [0, 0.1) is 0 Å². The molecule has 0 unspecified atom stereocenters. The van der Waals surface area contributed by atoms with E-state index in [9.17, 15) is 14.4 Å². The smallest absolute Gasteiger partial charge is 0.261 e. The van der Waals surface area contributed by atoms with Gasteiger partial charge < -0.3 is 20.8 Å². The van der Waals surface area contributed by atoms with Crippen molar-refractivity contribution in [2.45, 2.75) is 12.8 Å². The predicted octanol–water partition coefficient (Wildman–Crippen LogP) is 1.70. The first-order valence-corrected chi connectivity index (χ1v) is 7.94. The highest BCUT2D eigenvalue weighted by Crippen LogP contribution is 2.33. The van der Waals surface area contributed by atoms with Gasteiger partial charge in [0.1, 0.15) is 22.9 Å². The van der Waals surface area contributed by atoms with Gasteiger partial charge in [-0.2, -0.15) is 0 Å². The Kier molecular flexibility index (Phi) is 3.65. The number of carbonyl (C=O) groups is 2. The minimum Gasteiger partial charge on any atom is -0.457 e. The number of aromatic amines is 1. The van der Waals surface area contributed by atoms with Crippen LogP contribution in [0.5, 0.6) is 11.5 Å². The summed E-state index contributed by atoms with van der Waals surface area (Å²) >= 11 is 0. The van der Waals surface area contributed by atoms with E-state index >= 15 is 0 Å². The van der Waals surface area contributed by atoms with Gasteiger partial charge in [0.15, 0.2) is 0 Å². The lowest BCUT2D eigenvalue weighted by atomic mass is 10.1. The molecule has 2 amide bonds. The van der Waals surface area contributed by atoms with Gasteiger partial charge in [-0.05, 0) is 36.8 Å². The topological polar surface area (TPSA) is 127 Å². The Morgan fingerprint density at radius 1 is 1.15 bits per heavy atom. The quantitative estimate of drug-likeness (QED) is 0.662. The summed E-state index contributed by atoms with van der Waals surface area (Å²) in [6.07, 6.45) is 2.47. The van der Waals surface area contributed by atoms with Crippen molar-refractivity contribution in [3.63, 3.8) is 0 Å². The number of benzene rings is 1. The van der Waals surface area contributed by atoms with Gasteiger partial charge in [0.2, 0.25) is 5.91 Å². The fourth-order valence-corrected chi connectivity index (χ4v) is 2.91. The largest absolute Gasteiger partial charge is 0.457 e. The molecule has 8 nitrogen and oxygen atoms in total. The van der Waals surface area contributed by atoms with Crippen molar-refractivity contribution in [3.05, 3.63) is 58.0 Å². The van der Waals surface area contributed by atoms with E-state index < -0.39 is 11.5 Å². The first-order valence-electron chi connectivity index (χ1n) is 7.94. The molecule has 0 fully saturated rings. The fourth-order valence-electron chi connectivity index (χ4n) is 2.91. The number of pyridine rings is 2. The van der Waals surface area contributed by atoms with Crippen molar-refractivity contribution in [2.24, 2.45) is 5.73 Å². The highest BCUT2D eigenvalue weighted by Gasteiger charge is 2.20. The maximum Gasteiger partial charge on any atom is 0.261 e. The third-order valence-electron chi connectivity index (χ3n) is 4.18. The number of nitrogens with two attached hydrogens (primary N) is 1. The summed E-state index contributed by atoms with van der Waals surface area (Å²) in [6, 6.07) is 8.25. The average Bonchev–Trinajstić information content (AvgIpc) is 2.61. The molecule has 4 rings (SSSR count). The molecule has 1 aliphatic rings. The second kappa shape index (κ2) is 5.99. The molecular weight excluding hydrogens is 336 g/mol. The van der Waals surface area contributed by atoms with Crippen LogP contribution >= 0.6 is 0 Å². The SMILES string of the molecule is NC(=O)c1cc2cc(Oc3ccnc4c3CCC(=O)N4)ccc2[nH]c1=O. The van der Waals surface area contributed by atoms with Crippen LogP contribution in [0.4, 0.5) is 5.82 Å². The van der Waals surface area contributed by atoms with Gasteiger partial charge in [0, 0.05) is 29.1 Å². The number of nitrogens with one attached hydrogen (secondary N) is 2. The van der Waals surface area contributed by atoms with Crippen molar-refractivity contribution in [1.29, 1.82) is 0 Å². The van der Waals surface area contributed by atoms with Gasteiger partial charge in [0.25, 0.3) is 11.5 Å². The zero-order valence-corrected chi connectivity index (χ0v) is 13.5. The molecule has 3 heterocycles. The van der Waals surface area contributed by atoms with Gasteiger partial charge in [-0.15, -0.1) is 0 Å². The minimum absolute atomic E-state index is 0.0733. The van der Waals surface area contributed by atoms with Crippen LogP contribution < -0.4 is 21.3 Å². The third kappa shape index (κ3) is 2.77. The molecule has 0 aliphatic carbocycles. The second-order valence-electron chi connectivity index (χ2n) is 5.91. The molecule has 0 bridgehead atoms. The Morgan fingerprint density at radius 3 is 2.81 bits per heavy atom. The number of primary amides is 1. The van der Waals surface area contributed by atoms with Crippen LogP contribution in [0.2, 0.25) is 0 Å². The normalized spacial score (nSPS) is 13.2. The number of nitrogens with zero attached hydrogens (tertiary/aromatic N) is 1. The number of ether oxygens (including phenoxy) is 1. The molecule has 3 aromatic rings. The summed E-state index contributed by atoms with van der Waals surface area (Å²) in [4.78, 5) is 41.4. The molecule has 1 aliphatic heterocycles. The minimum atomic E-state index is -0.793. The van der Waals surface area contributed by atoms with Crippen molar-refractivity contribution in [2.75, 3.05) is 5.32 Å². The lowest BCUT2D eigenvalue weighted by Crippen LogP contribution is -2.23. The molecule has 0 saturated heterocycles. The molecule has 0 spiro atoms. The van der Waals surface area contributed by atoms with Crippen LogP contribution in [0.3, 0.4) is 0 Å². The van der Waals surface area contributed by atoms with Crippen LogP contribution in [0.1, 0.15) is 22.3 Å². The molecule has 0 radical (unpaired) electrons. The number of fused-ring (bicyclic) bond motifs is 2. The van der Waals surface area contributed by atoms with E-state index in [0.29, 0.717) is 41.1 Å². The van der Waals surface area contributed by atoms with E-state index in [0.717, 1.165) is 5.56 Å². The number of anilines is 1. The number of hydrogen-bond donors (Lipinski definition) is 3. The maximum atomic E-state index is 11.8. The first-order chi connectivity index (χ1) is 12.5. The summed E-state index contributed by atoms with van der Waals surface area (Å²) < 4.78 is 5.95. The Hall–Kier alpha value is -3.68. The molecule has 0 saturated carbocycles. The highest BCUT2D eigenvalue weighted by atomic mass is 16.5. The Morgan fingerprint density at radius 2 is 2.00 bits per heavy atom. The Bertz CT molecular complexity index is 1120. The predicted molar refractivity (Wildman–Crippen MR) is 94.3 cm³/mol. The van der Waals surface area contributed by atoms with E-state index in [-0.39, 0.29) is 11.5 Å². The van der Waals surface area contributed by atoms with Crippen LogP contribution in [-0.4, -0.2) is 21.8 Å². The first kappa shape index (κ1) is 15.8. The summed E-state index contributed by atoms with van der Waals surface area (Å²) in [7, 11) is 0. The van der Waals surface area contributed by atoms with Gasteiger partial charge in [-0.25, -0.2) is 4.98 Å². The number of rotatable bonds is 3. The van der Waals surface area contributed by atoms with E-state index in [1.807, 2.05) is 0 Å². The molecule has 4 N–H and O–H groups in total. The van der Waals surface area contributed by atoms with Gasteiger partial charge in [-0.1, -0.05) is 0 Å². The zero-order valence-electron chi connectivity index (χ0n) is 13.5. The summed E-state index contributed by atoms with van der Waals surface area (Å²) in [5.74, 6) is 0.744. The number of carbonyl (C=O) groups excluding carboxylic acids is 2. The molecule has 130 valence electrons. The molecule has 2 aromatic heterocycles. The number of amides is 2. The van der Waals surface area contributed by atoms with E-state index in [1.54, 1.807) is 30.5 Å². The van der Waals surface area contributed by atoms with Crippen LogP contribution in [0.25, 0.3) is 10.9 Å². The third-order valence-corrected chi connectivity index (χ3v) is 4.18. The molecular formula is C18H14N4O4. The lowest BCUT2D eigenvalue weighted by molar-refractivity contribution is -0.116. The average molecular weight is 350 g/mol. The summed E-state index contributed by atoms with van der Waals surface area (Å²) in [6.45, 7) is 0. The standard InChI is InChI=1S/C18H14N4O4/c19-16(24)12-8-9-7-10(1-3-13(9)21-18(12)25)26-14-5-6-20-17-11(14)2-4-15(23)22-17/h1,3,5-8H,2,4H2,(H2,19,24)(H,21,25)(H,20,22,23). The highest BCUT2D eigenvalue weighted by molar-refractivity contribution is 5.96. The van der Waals surface area contributed by atoms with Crippen LogP contribution in [0.15, 0.2) is 41.3 Å². The second-order valence-corrected chi connectivity index (χ2v) is 5.91. The van der Waals surface area contributed by atoms with Gasteiger partial charge in [-0.3, -0.25) is 14.4 Å². The number of hydrogen-bond acceptors (Lipinski definition) is 5. The van der Waals surface area contributed by atoms with Crippen LogP contribution in [-0.2, 0) is 11.2 Å². The lowest BCUT2D eigenvalue weighted by Gasteiger charge is -2.18. The summed E-state index contributed by atoms with van der Waals surface area (Å²) in [5, 5.41) is 3.34. The van der Waals surface area contributed by atoms with Crippen molar-refractivity contribution in [1.82, 2.24) is 9.97 Å². The van der Waals surface area contributed by atoms with Crippen molar-refractivity contribution in [3.8, 4) is 11.5 Å². The maximum absolute atomic E-state index is 11.8. The van der Waals surface area contributed by atoms with Gasteiger partial charge in [0.05, 0.1) is 0 Å². The van der Waals surface area contributed by atoms with E-state index in [1.165, 1.54) is 6.07 Å². The molecule has 1 aromatic carbocycles. The van der Waals surface area contributed by atoms with E-state index in [2.05, 4.69) is 15.3 Å².